The molecule has 31 heavy (non-hydrogen) atoms. The third-order valence-electron chi connectivity index (χ3n) is 5.13. The zero-order valence-corrected chi connectivity index (χ0v) is 18.5. The Hall–Kier alpha value is -3.49. The predicted molar refractivity (Wildman–Crippen MR) is 127 cm³/mol. The summed E-state index contributed by atoms with van der Waals surface area (Å²) in [6.07, 6.45) is 0. The van der Waals surface area contributed by atoms with Crippen LogP contribution in [0.4, 0.5) is 5.69 Å². The molecule has 8 heteroatoms. The van der Waals surface area contributed by atoms with Crippen LogP contribution in [0, 0.1) is 6.92 Å². The second kappa shape index (κ2) is 7.64. The molecule has 2 aromatic carbocycles. The molecular weight excluding hydrogens is 428 g/mol. The number of anilines is 1. The number of aromatic nitrogens is 3. The van der Waals surface area contributed by atoms with Crippen LogP contribution >= 0.6 is 22.7 Å². The van der Waals surface area contributed by atoms with Crippen molar-refractivity contribution in [1.29, 1.82) is 0 Å². The van der Waals surface area contributed by atoms with Crippen molar-refractivity contribution in [3.8, 4) is 15.6 Å². The van der Waals surface area contributed by atoms with E-state index in [1.54, 1.807) is 33.8 Å². The third-order valence-corrected chi connectivity index (χ3v) is 7.42. The Morgan fingerprint density at radius 3 is 2.48 bits per heavy atom. The van der Waals surface area contributed by atoms with Crippen molar-refractivity contribution in [3.63, 3.8) is 0 Å². The maximum absolute atomic E-state index is 13.0. The Kier molecular flexibility index (Phi) is 4.80. The summed E-state index contributed by atoms with van der Waals surface area (Å²) in [5.74, 6) is -0.302. The Morgan fingerprint density at radius 1 is 0.968 bits per heavy atom. The molecule has 6 nitrogen and oxygen atoms in total. The number of para-hydroxylation sites is 2. The van der Waals surface area contributed by atoms with Crippen LogP contribution in [-0.2, 0) is 7.05 Å². The number of rotatable bonds is 4. The third kappa shape index (κ3) is 3.39. The predicted octanol–water partition coefficient (Wildman–Crippen LogP) is 5.07. The van der Waals surface area contributed by atoms with Crippen LogP contribution in [-0.4, -0.2) is 20.3 Å². The lowest BCUT2D eigenvalue weighted by Crippen LogP contribution is -2.22. The standard InChI is InChI=1S/C23H18N4O2S2/c1-14-20(23(29)27(26(14)2)15-8-4-3-5-9-15)25-21(28)18-12-13-19(30-18)22-24-16-10-6-7-11-17(16)31-22/h3-13H,1-2H3,(H,25,28). The Morgan fingerprint density at radius 2 is 1.71 bits per heavy atom. The molecule has 0 saturated carbocycles. The van der Waals surface area contributed by atoms with E-state index in [2.05, 4.69) is 10.3 Å². The fraction of sp³-hybridized carbons (Fsp3) is 0.0870. The monoisotopic (exact) mass is 446 g/mol. The first-order chi connectivity index (χ1) is 15.0. The van der Waals surface area contributed by atoms with Gasteiger partial charge >= 0.3 is 0 Å². The molecule has 0 fully saturated rings. The molecule has 0 aliphatic rings. The number of nitrogens with one attached hydrogen (secondary N) is 1. The van der Waals surface area contributed by atoms with E-state index in [9.17, 15) is 9.59 Å². The largest absolute Gasteiger partial charge is 0.315 e. The zero-order valence-electron chi connectivity index (χ0n) is 16.8. The van der Waals surface area contributed by atoms with Crippen LogP contribution in [0.15, 0.2) is 71.5 Å². The van der Waals surface area contributed by atoms with Crippen LogP contribution in [0.25, 0.3) is 25.8 Å². The molecule has 0 spiro atoms. The molecular formula is C23H18N4O2S2. The normalized spacial score (nSPS) is 11.2. The minimum absolute atomic E-state index is 0.262. The Bertz CT molecular complexity index is 1440. The molecule has 3 aromatic heterocycles. The van der Waals surface area contributed by atoms with E-state index in [1.807, 2.05) is 67.6 Å². The van der Waals surface area contributed by atoms with Gasteiger partial charge in [0.1, 0.15) is 10.7 Å². The van der Waals surface area contributed by atoms with Gasteiger partial charge in [-0.1, -0.05) is 30.3 Å². The molecule has 1 amide bonds. The number of thiazole rings is 1. The van der Waals surface area contributed by atoms with E-state index in [1.165, 1.54) is 11.3 Å². The lowest BCUT2D eigenvalue weighted by Gasteiger charge is -2.07. The van der Waals surface area contributed by atoms with Crippen molar-refractivity contribution >= 4 is 44.5 Å². The smallest absolute Gasteiger partial charge is 0.295 e. The summed E-state index contributed by atoms with van der Waals surface area (Å²) < 4.78 is 4.40. The molecule has 0 atom stereocenters. The van der Waals surface area contributed by atoms with Crippen LogP contribution in [0.2, 0.25) is 0 Å². The minimum atomic E-state index is -0.302. The quantitative estimate of drug-likeness (QED) is 0.419. The van der Waals surface area contributed by atoms with E-state index < -0.39 is 0 Å². The molecule has 5 rings (SSSR count). The van der Waals surface area contributed by atoms with Crippen LogP contribution in [0.5, 0.6) is 0 Å². The summed E-state index contributed by atoms with van der Waals surface area (Å²) in [5.41, 5.74) is 2.40. The molecule has 154 valence electrons. The zero-order chi connectivity index (χ0) is 21.5. The number of hydrogen-bond acceptors (Lipinski definition) is 5. The summed E-state index contributed by atoms with van der Waals surface area (Å²) in [6, 6.07) is 21.0. The van der Waals surface area contributed by atoms with Gasteiger partial charge in [-0.05, 0) is 43.3 Å². The van der Waals surface area contributed by atoms with Crippen molar-refractivity contribution in [2.45, 2.75) is 6.92 Å². The second-order valence-corrected chi connectivity index (χ2v) is 9.16. The van der Waals surface area contributed by atoms with Gasteiger partial charge in [-0.2, -0.15) is 0 Å². The number of benzene rings is 2. The van der Waals surface area contributed by atoms with Gasteiger partial charge in [-0.25, -0.2) is 9.67 Å². The van der Waals surface area contributed by atoms with Crippen molar-refractivity contribution in [3.05, 3.63) is 87.7 Å². The van der Waals surface area contributed by atoms with E-state index >= 15 is 0 Å². The maximum atomic E-state index is 13.0. The minimum Gasteiger partial charge on any atom is -0.315 e. The second-order valence-electron chi connectivity index (χ2n) is 7.04. The van der Waals surface area contributed by atoms with E-state index in [0.717, 1.165) is 25.8 Å². The van der Waals surface area contributed by atoms with E-state index in [0.29, 0.717) is 10.6 Å². The molecule has 0 aliphatic carbocycles. The Balaban J connectivity index is 1.44. The highest BCUT2D eigenvalue weighted by atomic mass is 32.1. The number of carbonyl (C=O) groups is 1. The lowest BCUT2D eigenvalue weighted by molar-refractivity contribution is 0.103. The Labute approximate surface area is 186 Å². The summed E-state index contributed by atoms with van der Waals surface area (Å²) in [5, 5.41) is 3.70. The first kappa shape index (κ1) is 19.5. The number of thiophene rings is 1. The summed E-state index contributed by atoms with van der Waals surface area (Å²) in [4.78, 5) is 32.1. The first-order valence-corrected chi connectivity index (χ1v) is 11.3. The van der Waals surface area contributed by atoms with Crippen LogP contribution in [0.3, 0.4) is 0 Å². The van der Waals surface area contributed by atoms with Gasteiger partial charge in [-0.3, -0.25) is 14.3 Å². The van der Waals surface area contributed by atoms with Crippen LogP contribution < -0.4 is 10.9 Å². The summed E-state index contributed by atoms with van der Waals surface area (Å²) >= 11 is 2.97. The average molecular weight is 447 g/mol. The van der Waals surface area contributed by atoms with Gasteiger partial charge < -0.3 is 5.32 Å². The number of nitrogens with zero attached hydrogens (tertiary/aromatic N) is 3. The molecule has 5 aromatic rings. The molecule has 0 radical (unpaired) electrons. The lowest BCUT2D eigenvalue weighted by atomic mass is 10.3. The van der Waals surface area contributed by atoms with Gasteiger partial charge in [0, 0.05) is 7.05 Å². The molecule has 0 saturated heterocycles. The van der Waals surface area contributed by atoms with Gasteiger partial charge in [0.15, 0.2) is 0 Å². The summed E-state index contributed by atoms with van der Waals surface area (Å²) in [6.45, 7) is 1.82. The fourth-order valence-corrected chi connectivity index (χ4v) is 5.36. The van der Waals surface area contributed by atoms with Gasteiger partial charge in [0.25, 0.3) is 11.5 Å². The van der Waals surface area contributed by atoms with Gasteiger partial charge in [0.2, 0.25) is 0 Å². The number of hydrogen-bond donors (Lipinski definition) is 1. The highest BCUT2D eigenvalue weighted by molar-refractivity contribution is 7.26. The first-order valence-electron chi connectivity index (χ1n) is 9.64. The van der Waals surface area contributed by atoms with Crippen LogP contribution in [0.1, 0.15) is 15.4 Å². The van der Waals surface area contributed by atoms with Crippen molar-refractivity contribution < 1.29 is 4.79 Å². The topological polar surface area (TPSA) is 68.9 Å². The van der Waals surface area contributed by atoms with Crippen molar-refractivity contribution in [1.82, 2.24) is 14.3 Å². The molecule has 0 bridgehead atoms. The summed E-state index contributed by atoms with van der Waals surface area (Å²) in [7, 11) is 1.80. The molecule has 0 aliphatic heterocycles. The molecule has 3 heterocycles. The molecule has 1 N–H and O–H groups in total. The van der Waals surface area contributed by atoms with E-state index in [-0.39, 0.29) is 17.2 Å². The number of carbonyl (C=O) groups excluding carboxylic acids is 1. The van der Waals surface area contributed by atoms with Crippen molar-refractivity contribution in [2.24, 2.45) is 7.05 Å². The van der Waals surface area contributed by atoms with E-state index in [4.69, 9.17) is 0 Å². The fourth-order valence-electron chi connectivity index (χ4n) is 3.44. The molecule has 0 unspecified atom stereocenters. The van der Waals surface area contributed by atoms with Gasteiger partial charge in [-0.15, -0.1) is 22.7 Å². The maximum Gasteiger partial charge on any atom is 0.295 e. The highest BCUT2D eigenvalue weighted by Gasteiger charge is 2.20. The van der Waals surface area contributed by atoms with Gasteiger partial charge in [0.05, 0.1) is 31.4 Å². The SMILES string of the molecule is Cc1c(NC(=O)c2ccc(-c3nc4ccccc4s3)s2)c(=O)n(-c2ccccc2)n1C. The van der Waals surface area contributed by atoms with Crippen molar-refractivity contribution in [2.75, 3.05) is 5.32 Å². The average Bonchev–Trinajstić information content (AvgIpc) is 3.48. The highest BCUT2D eigenvalue weighted by Crippen LogP contribution is 2.34. The number of fused-ring (bicyclic) bond motifs is 1. The number of amides is 1.